The van der Waals surface area contributed by atoms with Gasteiger partial charge in [0.2, 0.25) is 0 Å². The van der Waals surface area contributed by atoms with Crippen molar-refractivity contribution in [3.8, 4) is 0 Å². The van der Waals surface area contributed by atoms with Gasteiger partial charge in [-0.2, -0.15) is 0 Å². The van der Waals surface area contributed by atoms with Gasteiger partial charge in [-0.05, 0) is 26.8 Å². The third-order valence-corrected chi connectivity index (χ3v) is 5.10. The van der Waals surface area contributed by atoms with E-state index in [1.165, 1.54) is 14.0 Å². The molecule has 0 spiro atoms. The van der Waals surface area contributed by atoms with E-state index >= 15 is 0 Å². The highest BCUT2D eigenvalue weighted by atomic mass is 28.4. The molecular formula is C13H22O6Si. The Labute approximate surface area is 121 Å². The maximum atomic E-state index is 11.4. The maximum absolute atomic E-state index is 11.4. The van der Waals surface area contributed by atoms with Crippen LogP contribution in [0.5, 0.6) is 0 Å². The van der Waals surface area contributed by atoms with Crippen molar-refractivity contribution in [1.82, 2.24) is 0 Å². The average molecular weight is 302 g/mol. The SMILES string of the molecule is [CH]OCCC[Si](OC)(OCC)OC(=C)OC(=O)C(=C)C. The molecule has 0 aliphatic rings. The Bertz CT molecular complexity index is 344. The molecule has 0 rings (SSSR count). The molecule has 0 saturated carbocycles. The van der Waals surface area contributed by atoms with Crippen molar-refractivity contribution < 1.29 is 27.5 Å². The summed E-state index contributed by atoms with van der Waals surface area (Å²) in [6.07, 6.45) is 0.582. The first-order chi connectivity index (χ1) is 9.40. The molecule has 6 nitrogen and oxygen atoms in total. The predicted molar refractivity (Wildman–Crippen MR) is 75.2 cm³/mol. The van der Waals surface area contributed by atoms with Crippen LogP contribution in [-0.4, -0.2) is 35.1 Å². The molecule has 0 fully saturated rings. The van der Waals surface area contributed by atoms with E-state index in [9.17, 15) is 4.79 Å². The number of carbonyl (C=O) groups is 1. The quantitative estimate of drug-likeness (QED) is 0.192. The highest BCUT2D eigenvalue weighted by Crippen LogP contribution is 2.21. The summed E-state index contributed by atoms with van der Waals surface area (Å²) in [5.74, 6) is -0.788. The number of rotatable bonds is 11. The van der Waals surface area contributed by atoms with Gasteiger partial charge in [0.25, 0.3) is 5.95 Å². The zero-order valence-electron chi connectivity index (χ0n) is 12.3. The molecule has 20 heavy (non-hydrogen) atoms. The summed E-state index contributed by atoms with van der Waals surface area (Å²) in [4.78, 5) is 11.4. The lowest BCUT2D eigenvalue weighted by Crippen LogP contribution is -2.45. The van der Waals surface area contributed by atoms with Crippen LogP contribution in [0.25, 0.3) is 0 Å². The van der Waals surface area contributed by atoms with E-state index < -0.39 is 14.8 Å². The van der Waals surface area contributed by atoms with Crippen LogP contribution >= 0.6 is 0 Å². The van der Waals surface area contributed by atoms with Gasteiger partial charge in [0.15, 0.2) is 0 Å². The van der Waals surface area contributed by atoms with Crippen molar-refractivity contribution in [2.75, 3.05) is 20.3 Å². The van der Waals surface area contributed by atoms with Crippen molar-refractivity contribution in [1.29, 1.82) is 0 Å². The zero-order chi connectivity index (χ0) is 15.6. The molecule has 0 aromatic carbocycles. The van der Waals surface area contributed by atoms with E-state index in [1.54, 1.807) is 0 Å². The summed E-state index contributed by atoms with van der Waals surface area (Å²) in [7, 11) is 3.43. The smallest absolute Gasteiger partial charge is 0.473 e. The van der Waals surface area contributed by atoms with Crippen LogP contribution in [0.3, 0.4) is 0 Å². The minimum atomic E-state index is -3.01. The van der Waals surface area contributed by atoms with E-state index in [1.807, 2.05) is 6.92 Å². The summed E-state index contributed by atoms with van der Waals surface area (Å²) in [6, 6.07) is 0.457. The van der Waals surface area contributed by atoms with Gasteiger partial charge in [-0.25, -0.2) is 4.79 Å². The third kappa shape index (κ3) is 6.85. The van der Waals surface area contributed by atoms with Gasteiger partial charge in [-0.3, -0.25) is 0 Å². The first-order valence-electron chi connectivity index (χ1n) is 6.17. The van der Waals surface area contributed by atoms with Crippen LogP contribution in [0.2, 0.25) is 6.04 Å². The van der Waals surface area contributed by atoms with Crippen LogP contribution in [0, 0.1) is 7.11 Å². The van der Waals surface area contributed by atoms with Gasteiger partial charge >= 0.3 is 14.8 Å². The van der Waals surface area contributed by atoms with Gasteiger partial charge in [-0.1, -0.05) is 6.58 Å². The number of hydrogen-bond acceptors (Lipinski definition) is 6. The van der Waals surface area contributed by atoms with Gasteiger partial charge in [0.1, 0.15) is 7.11 Å². The Morgan fingerprint density at radius 1 is 1.35 bits per heavy atom. The number of carbonyl (C=O) groups excluding carboxylic acids is 1. The van der Waals surface area contributed by atoms with Crippen molar-refractivity contribution in [3.63, 3.8) is 0 Å². The van der Waals surface area contributed by atoms with E-state index in [0.717, 1.165) is 0 Å². The molecule has 0 heterocycles. The van der Waals surface area contributed by atoms with E-state index in [4.69, 9.17) is 25.1 Å². The normalized spacial score (nSPS) is 13.4. The zero-order valence-corrected chi connectivity index (χ0v) is 13.3. The molecule has 0 aromatic heterocycles. The first kappa shape index (κ1) is 18.8. The molecule has 0 amide bonds. The highest BCUT2D eigenvalue weighted by Gasteiger charge is 2.42. The highest BCUT2D eigenvalue weighted by molar-refractivity contribution is 6.60. The monoisotopic (exact) mass is 302 g/mol. The second-order valence-electron chi connectivity index (χ2n) is 3.94. The molecule has 7 heteroatoms. The first-order valence-corrected chi connectivity index (χ1v) is 8.10. The fourth-order valence-corrected chi connectivity index (χ4v) is 3.45. The second-order valence-corrected chi connectivity index (χ2v) is 6.71. The molecule has 0 aromatic rings. The summed E-state index contributed by atoms with van der Waals surface area (Å²) in [6.45, 7) is 11.1. The third-order valence-electron chi connectivity index (χ3n) is 2.24. The van der Waals surface area contributed by atoms with Gasteiger partial charge < -0.3 is 22.8 Å². The lowest BCUT2D eigenvalue weighted by molar-refractivity contribution is -0.139. The van der Waals surface area contributed by atoms with Crippen LogP contribution in [0.15, 0.2) is 24.7 Å². The molecule has 0 saturated heterocycles. The molecule has 1 unspecified atom stereocenters. The number of ether oxygens (including phenoxy) is 2. The summed E-state index contributed by atoms with van der Waals surface area (Å²) >= 11 is 0. The molecule has 0 N–H and O–H groups in total. The Morgan fingerprint density at radius 2 is 2.00 bits per heavy atom. The van der Waals surface area contributed by atoms with E-state index in [2.05, 4.69) is 17.9 Å². The Morgan fingerprint density at radius 3 is 2.45 bits per heavy atom. The second kappa shape index (κ2) is 9.70. The molecule has 1 atom stereocenters. The fourth-order valence-electron chi connectivity index (χ4n) is 1.33. The molecule has 114 valence electrons. The van der Waals surface area contributed by atoms with Crippen molar-refractivity contribution in [2.24, 2.45) is 0 Å². The molecule has 0 aliphatic heterocycles. The Hall–Kier alpha value is -1.15. The minimum absolute atomic E-state index is 0.173. The van der Waals surface area contributed by atoms with E-state index in [-0.39, 0.29) is 11.5 Å². The minimum Gasteiger partial charge on any atom is -0.473 e. The lowest BCUT2D eigenvalue weighted by Gasteiger charge is -2.28. The van der Waals surface area contributed by atoms with Gasteiger partial charge in [0.05, 0.1) is 0 Å². The van der Waals surface area contributed by atoms with Crippen molar-refractivity contribution >= 4 is 14.8 Å². The maximum Gasteiger partial charge on any atom is 0.567 e. The van der Waals surface area contributed by atoms with Crippen LogP contribution in [0.1, 0.15) is 20.3 Å². The standard InChI is InChI=1S/C13H22O6Si/c1-7-17-20(16-6,10-8-9-15-5)19-12(4)18-13(14)11(2)3/h5H,2,4,7-10H2,1,3,6H3. The molecule has 2 radical (unpaired) electrons. The average Bonchev–Trinajstić information content (AvgIpc) is 2.38. The van der Waals surface area contributed by atoms with Crippen molar-refractivity contribution in [3.05, 3.63) is 31.8 Å². The van der Waals surface area contributed by atoms with Crippen LogP contribution < -0.4 is 0 Å². The number of hydrogen-bond donors (Lipinski definition) is 0. The summed E-state index contributed by atoms with van der Waals surface area (Å²) in [5.41, 5.74) is 0.243. The predicted octanol–water partition coefficient (Wildman–Crippen LogP) is 2.29. The Balaban J connectivity index is 4.65. The van der Waals surface area contributed by atoms with E-state index in [0.29, 0.717) is 25.7 Å². The van der Waals surface area contributed by atoms with Gasteiger partial charge in [0, 0.05) is 31.9 Å². The lowest BCUT2D eigenvalue weighted by atomic mass is 10.4. The summed E-state index contributed by atoms with van der Waals surface area (Å²) < 4.78 is 25.8. The summed E-state index contributed by atoms with van der Waals surface area (Å²) in [5, 5.41) is 0. The largest absolute Gasteiger partial charge is 0.567 e. The molecular weight excluding hydrogens is 280 g/mol. The fraction of sp³-hybridized carbons (Fsp3) is 0.538. The van der Waals surface area contributed by atoms with Crippen molar-refractivity contribution in [2.45, 2.75) is 26.3 Å². The number of esters is 1. The molecule has 0 bridgehead atoms. The van der Waals surface area contributed by atoms with Crippen LogP contribution in [0.4, 0.5) is 0 Å². The van der Waals surface area contributed by atoms with Crippen LogP contribution in [-0.2, 0) is 27.5 Å². The Kier molecular flexibility index (Phi) is 9.14. The van der Waals surface area contributed by atoms with Gasteiger partial charge in [-0.15, -0.1) is 0 Å². The molecule has 0 aliphatic carbocycles. The topological polar surface area (TPSA) is 63.2 Å².